The summed E-state index contributed by atoms with van der Waals surface area (Å²) in [5.41, 5.74) is 0.488. The van der Waals surface area contributed by atoms with Gasteiger partial charge in [0.05, 0.1) is 13.5 Å². The zero-order valence-electron chi connectivity index (χ0n) is 10.8. The largest absolute Gasteiger partial charge is 0.469 e. The van der Waals surface area contributed by atoms with E-state index >= 15 is 0 Å². The molecule has 0 aliphatic rings. The lowest BCUT2D eigenvalue weighted by molar-refractivity contribution is -0.140. The highest BCUT2D eigenvalue weighted by molar-refractivity contribution is 8.00. The summed E-state index contributed by atoms with van der Waals surface area (Å²) >= 11 is 1.54. The minimum atomic E-state index is -0.222. The number of aromatic nitrogens is 1. The lowest BCUT2D eigenvalue weighted by Gasteiger charge is -2.09. The number of hydrogen-bond donors (Lipinski definition) is 0. The molecule has 0 saturated carbocycles. The van der Waals surface area contributed by atoms with E-state index in [1.54, 1.807) is 24.0 Å². The highest BCUT2D eigenvalue weighted by atomic mass is 32.2. The molecule has 1 aromatic heterocycles. The fourth-order valence-electron chi connectivity index (χ4n) is 1.39. The van der Waals surface area contributed by atoms with Gasteiger partial charge in [0.25, 0.3) is 0 Å². The van der Waals surface area contributed by atoms with Crippen LogP contribution in [0.4, 0.5) is 0 Å². The molecule has 18 heavy (non-hydrogen) atoms. The van der Waals surface area contributed by atoms with Gasteiger partial charge in [-0.25, -0.2) is 0 Å². The summed E-state index contributed by atoms with van der Waals surface area (Å²) in [6.45, 7) is 3.76. The Morgan fingerprint density at radius 2 is 2.17 bits per heavy atom. The molecular weight excluding hydrogens is 250 g/mol. The molecule has 1 atom stereocenters. The molecule has 0 spiro atoms. The predicted molar refractivity (Wildman–Crippen MR) is 70.8 cm³/mol. The Balaban J connectivity index is 2.58. The predicted octanol–water partition coefficient (Wildman–Crippen LogP) is 2.72. The van der Waals surface area contributed by atoms with Gasteiger partial charge in [-0.3, -0.25) is 14.6 Å². The third kappa shape index (κ3) is 4.49. The van der Waals surface area contributed by atoms with E-state index in [2.05, 4.69) is 9.72 Å². The monoisotopic (exact) mass is 267 g/mol. The first kappa shape index (κ1) is 14.7. The zero-order valence-corrected chi connectivity index (χ0v) is 11.6. The van der Waals surface area contributed by atoms with Crippen LogP contribution in [0.15, 0.2) is 23.2 Å². The standard InChI is InChI=1S/C13H17NO3S/c1-4-12(15)11-6-5-10(8-14-11)18-9(2)7-13(16)17-3/h5-6,8-9H,4,7H2,1-3H3. The molecular formula is C13H17NO3S. The number of Topliss-reactive ketones (excluding diaryl/α,β-unsaturated/α-hetero) is 1. The molecule has 1 aromatic rings. The molecule has 0 aromatic carbocycles. The fourth-order valence-corrected chi connectivity index (χ4v) is 2.33. The second kappa shape index (κ2) is 7.16. The van der Waals surface area contributed by atoms with Gasteiger partial charge in [0.1, 0.15) is 5.69 Å². The minimum Gasteiger partial charge on any atom is -0.469 e. The van der Waals surface area contributed by atoms with Crippen LogP contribution in [-0.4, -0.2) is 29.1 Å². The van der Waals surface area contributed by atoms with Crippen molar-refractivity contribution in [3.8, 4) is 0 Å². The third-order valence-corrected chi connectivity index (χ3v) is 3.44. The van der Waals surface area contributed by atoms with E-state index in [4.69, 9.17) is 0 Å². The Kier molecular flexibility index (Phi) is 5.85. The summed E-state index contributed by atoms with van der Waals surface area (Å²) < 4.78 is 4.61. The number of ketones is 1. The SMILES string of the molecule is CCC(=O)c1ccc(SC(C)CC(=O)OC)cn1. The van der Waals surface area contributed by atoms with Crippen molar-refractivity contribution in [1.82, 2.24) is 4.98 Å². The van der Waals surface area contributed by atoms with Crippen molar-refractivity contribution in [3.05, 3.63) is 24.0 Å². The summed E-state index contributed by atoms with van der Waals surface area (Å²) in [6.07, 6.45) is 2.48. The molecule has 4 nitrogen and oxygen atoms in total. The van der Waals surface area contributed by atoms with Gasteiger partial charge in [-0.2, -0.15) is 0 Å². The average Bonchev–Trinajstić information content (AvgIpc) is 2.38. The number of methoxy groups -OCH3 is 1. The van der Waals surface area contributed by atoms with Crippen LogP contribution in [0, 0.1) is 0 Å². The summed E-state index contributed by atoms with van der Waals surface area (Å²) in [5.74, 6) is -0.185. The molecule has 5 heteroatoms. The van der Waals surface area contributed by atoms with E-state index in [9.17, 15) is 9.59 Å². The molecule has 98 valence electrons. The number of carbonyl (C=O) groups is 2. The third-order valence-electron chi connectivity index (χ3n) is 2.36. The Hall–Kier alpha value is -1.36. The van der Waals surface area contributed by atoms with Gasteiger partial charge in [-0.05, 0) is 12.1 Å². The molecule has 0 saturated heterocycles. The van der Waals surface area contributed by atoms with Crippen LogP contribution in [0.1, 0.15) is 37.2 Å². The molecule has 1 heterocycles. The number of esters is 1. The van der Waals surface area contributed by atoms with Crippen LogP contribution in [0.25, 0.3) is 0 Å². The number of thioether (sulfide) groups is 1. The van der Waals surface area contributed by atoms with E-state index in [-0.39, 0.29) is 17.0 Å². The lowest BCUT2D eigenvalue weighted by atomic mass is 10.2. The number of pyridine rings is 1. The zero-order chi connectivity index (χ0) is 13.5. The normalized spacial score (nSPS) is 11.9. The lowest BCUT2D eigenvalue weighted by Crippen LogP contribution is -2.08. The average molecular weight is 267 g/mol. The van der Waals surface area contributed by atoms with E-state index in [1.165, 1.54) is 7.11 Å². The molecule has 1 rings (SSSR count). The number of ether oxygens (including phenoxy) is 1. The Morgan fingerprint density at radius 3 is 2.67 bits per heavy atom. The second-order valence-corrected chi connectivity index (χ2v) is 5.38. The summed E-state index contributed by atoms with van der Waals surface area (Å²) in [7, 11) is 1.38. The summed E-state index contributed by atoms with van der Waals surface area (Å²) in [4.78, 5) is 27.6. The van der Waals surface area contributed by atoms with Crippen LogP contribution in [0.3, 0.4) is 0 Å². The molecule has 0 radical (unpaired) electrons. The van der Waals surface area contributed by atoms with Crippen molar-refractivity contribution in [2.75, 3.05) is 7.11 Å². The number of hydrogen-bond acceptors (Lipinski definition) is 5. The first-order valence-electron chi connectivity index (χ1n) is 5.79. The van der Waals surface area contributed by atoms with Crippen molar-refractivity contribution in [3.63, 3.8) is 0 Å². The van der Waals surface area contributed by atoms with Crippen molar-refractivity contribution < 1.29 is 14.3 Å². The molecule has 0 amide bonds. The maximum absolute atomic E-state index is 11.4. The van der Waals surface area contributed by atoms with Crippen LogP contribution >= 0.6 is 11.8 Å². The van der Waals surface area contributed by atoms with Crippen LogP contribution in [0.5, 0.6) is 0 Å². The van der Waals surface area contributed by atoms with Crippen molar-refractivity contribution in [1.29, 1.82) is 0 Å². The minimum absolute atomic E-state index is 0.0363. The first-order chi connectivity index (χ1) is 8.56. The highest BCUT2D eigenvalue weighted by Gasteiger charge is 2.11. The second-order valence-electron chi connectivity index (χ2n) is 3.86. The van der Waals surface area contributed by atoms with E-state index in [1.807, 2.05) is 19.9 Å². The number of nitrogens with zero attached hydrogens (tertiary/aromatic N) is 1. The molecule has 0 aliphatic carbocycles. The van der Waals surface area contributed by atoms with Crippen molar-refractivity contribution in [2.45, 2.75) is 36.8 Å². The molecule has 0 aliphatic heterocycles. The Morgan fingerprint density at radius 1 is 1.44 bits per heavy atom. The molecule has 1 unspecified atom stereocenters. The molecule has 0 fully saturated rings. The van der Waals surface area contributed by atoms with Gasteiger partial charge in [0, 0.05) is 22.8 Å². The maximum Gasteiger partial charge on any atom is 0.306 e. The van der Waals surface area contributed by atoms with E-state index in [0.717, 1.165) is 4.90 Å². The topological polar surface area (TPSA) is 56.3 Å². The van der Waals surface area contributed by atoms with Gasteiger partial charge in [0.2, 0.25) is 0 Å². The maximum atomic E-state index is 11.4. The van der Waals surface area contributed by atoms with Crippen LogP contribution in [0.2, 0.25) is 0 Å². The smallest absolute Gasteiger partial charge is 0.306 e. The van der Waals surface area contributed by atoms with E-state index < -0.39 is 0 Å². The van der Waals surface area contributed by atoms with Gasteiger partial charge in [-0.1, -0.05) is 13.8 Å². The summed E-state index contributed by atoms with van der Waals surface area (Å²) in [5, 5.41) is 0.118. The number of carbonyl (C=O) groups excluding carboxylic acids is 2. The molecule has 0 N–H and O–H groups in total. The van der Waals surface area contributed by atoms with Gasteiger partial charge in [-0.15, -0.1) is 11.8 Å². The van der Waals surface area contributed by atoms with Crippen molar-refractivity contribution in [2.24, 2.45) is 0 Å². The van der Waals surface area contributed by atoms with Gasteiger partial charge >= 0.3 is 5.97 Å². The van der Waals surface area contributed by atoms with Gasteiger partial charge < -0.3 is 4.74 Å². The van der Waals surface area contributed by atoms with Gasteiger partial charge in [0.15, 0.2) is 5.78 Å². The highest BCUT2D eigenvalue weighted by Crippen LogP contribution is 2.24. The van der Waals surface area contributed by atoms with Crippen LogP contribution in [-0.2, 0) is 9.53 Å². The number of rotatable bonds is 6. The van der Waals surface area contributed by atoms with E-state index in [0.29, 0.717) is 18.5 Å². The van der Waals surface area contributed by atoms with Crippen LogP contribution < -0.4 is 0 Å². The molecule has 0 bridgehead atoms. The van der Waals surface area contributed by atoms with Crippen molar-refractivity contribution >= 4 is 23.5 Å². The summed E-state index contributed by atoms with van der Waals surface area (Å²) in [6, 6.07) is 3.58. The first-order valence-corrected chi connectivity index (χ1v) is 6.67. The quantitative estimate of drug-likeness (QED) is 0.450. The Bertz CT molecular complexity index is 417. The Labute approximate surface area is 111 Å². The fraction of sp³-hybridized carbons (Fsp3) is 0.462.